The Balaban J connectivity index is 1.61. The fraction of sp³-hybridized carbons (Fsp3) is 0.333. The van der Waals surface area contributed by atoms with E-state index in [1.54, 1.807) is 12.3 Å². The third kappa shape index (κ3) is 3.73. The predicted octanol–water partition coefficient (Wildman–Crippen LogP) is 3.18. The summed E-state index contributed by atoms with van der Waals surface area (Å²) in [5.74, 6) is 1.48. The van der Waals surface area contributed by atoms with E-state index >= 15 is 0 Å². The Bertz CT molecular complexity index is 1020. The summed E-state index contributed by atoms with van der Waals surface area (Å²) in [6.45, 7) is 4.82. The van der Waals surface area contributed by atoms with Crippen LogP contribution in [0.5, 0.6) is 0 Å². The Labute approximate surface area is 163 Å². The first-order valence-corrected chi connectivity index (χ1v) is 9.59. The molecule has 0 saturated carbocycles. The SMILES string of the molecule is CCCNc1ncc(-c2nc(-c3ccc4c(c3)CCNCC4)no2)cc1C#N. The Hall–Kier alpha value is -3.24. The average Bonchev–Trinajstić information content (AvgIpc) is 3.11. The summed E-state index contributed by atoms with van der Waals surface area (Å²) in [6, 6.07) is 10.2. The second-order valence-corrected chi connectivity index (χ2v) is 6.82. The number of anilines is 1. The molecule has 142 valence electrons. The molecule has 28 heavy (non-hydrogen) atoms. The van der Waals surface area contributed by atoms with Crippen LogP contribution in [0.25, 0.3) is 22.8 Å². The first kappa shape index (κ1) is 18.1. The van der Waals surface area contributed by atoms with Crippen molar-refractivity contribution in [2.45, 2.75) is 26.2 Å². The molecule has 0 amide bonds. The standard InChI is InChI=1S/C21H22N6O/c1-2-7-24-19-17(12-22)11-18(13-25-19)21-26-20(27-28-21)16-4-3-14-5-8-23-9-6-15(14)10-16/h3-4,10-11,13,23H,2,5-9H2,1H3,(H,24,25). The van der Waals surface area contributed by atoms with Gasteiger partial charge in [0.1, 0.15) is 11.9 Å². The molecule has 2 N–H and O–H groups in total. The number of hydrogen-bond donors (Lipinski definition) is 2. The average molecular weight is 374 g/mol. The minimum atomic E-state index is 0.359. The Morgan fingerprint density at radius 2 is 2.04 bits per heavy atom. The van der Waals surface area contributed by atoms with Crippen LogP contribution < -0.4 is 10.6 Å². The number of nitrogens with zero attached hydrogens (tertiary/aromatic N) is 4. The van der Waals surface area contributed by atoms with Crippen molar-refractivity contribution in [3.8, 4) is 28.9 Å². The van der Waals surface area contributed by atoms with Crippen molar-refractivity contribution >= 4 is 5.82 Å². The van der Waals surface area contributed by atoms with Gasteiger partial charge >= 0.3 is 0 Å². The van der Waals surface area contributed by atoms with Gasteiger partial charge in [0.05, 0.1) is 11.1 Å². The number of nitriles is 1. The van der Waals surface area contributed by atoms with Crippen LogP contribution in [0, 0.1) is 11.3 Å². The van der Waals surface area contributed by atoms with Crippen LogP contribution in [0.2, 0.25) is 0 Å². The molecule has 1 aromatic carbocycles. The molecule has 4 rings (SSSR count). The molecule has 0 radical (unpaired) electrons. The van der Waals surface area contributed by atoms with Gasteiger partial charge in [-0.3, -0.25) is 0 Å². The summed E-state index contributed by atoms with van der Waals surface area (Å²) in [5.41, 5.74) is 4.73. The first-order chi connectivity index (χ1) is 13.8. The topological polar surface area (TPSA) is 99.7 Å². The molecule has 0 saturated heterocycles. The molecular formula is C21H22N6O. The zero-order chi connectivity index (χ0) is 19.3. The van der Waals surface area contributed by atoms with Gasteiger partial charge in [-0.1, -0.05) is 24.2 Å². The van der Waals surface area contributed by atoms with Gasteiger partial charge < -0.3 is 15.2 Å². The molecule has 7 heteroatoms. The third-order valence-electron chi connectivity index (χ3n) is 4.83. The van der Waals surface area contributed by atoms with E-state index in [2.05, 4.69) is 50.9 Å². The minimum absolute atomic E-state index is 0.359. The molecule has 0 unspecified atom stereocenters. The monoisotopic (exact) mass is 374 g/mol. The van der Waals surface area contributed by atoms with E-state index in [1.807, 2.05) is 6.07 Å². The van der Waals surface area contributed by atoms with Gasteiger partial charge in [0.2, 0.25) is 5.82 Å². The fourth-order valence-electron chi connectivity index (χ4n) is 3.32. The number of benzene rings is 1. The van der Waals surface area contributed by atoms with Crippen LogP contribution in [0.4, 0.5) is 5.82 Å². The molecule has 3 heterocycles. The lowest BCUT2D eigenvalue weighted by atomic mass is 10.00. The summed E-state index contributed by atoms with van der Waals surface area (Å²) in [7, 11) is 0. The molecule has 0 fully saturated rings. The third-order valence-corrected chi connectivity index (χ3v) is 4.83. The van der Waals surface area contributed by atoms with Gasteiger partial charge in [0.15, 0.2) is 0 Å². The van der Waals surface area contributed by atoms with Crippen LogP contribution in [0.15, 0.2) is 35.0 Å². The highest BCUT2D eigenvalue weighted by Crippen LogP contribution is 2.26. The maximum absolute atomic E-state index is 9.41. The Kier molecular flexibility index (Phi) is 5.31. The number of rotatable bonds is 5. The van der Waals surface area contributed by atoms with Crippen LogP contribution >= 0.6 is 0 Å². The van der Waals surface area contributed by atoms with Gasteiger partial charge in [-0.2, -0.15) is 10.2 Å². The molecule has 0 spiro atoms. The summed E-state index contributed by atoms with van der Waals surface area (Å²) in [5, 5.41) is 20.1. The van der Waals surface area contributed by atoms with E-state index in [0.29, 0.717) is 28.7 Å². The predicted molar refractivity (Wildman–Crippen MR) is 107 cm³/mol. The molecule has 3 aromatic rings. The molecule has 1 aliphatic heterocycles. The quantitative estimate of drug-likeness (QED) is 0.707. The molecular weight excluding hydrogens is 352 g/mol. The molecule has 2 aromatic heterocycles. The normalized spacial score (nSPS) is 13.4. The minimum Gasteiger partial charge on any atom is -0.369 e. The van der Waals surface area contributed by atoms with E-state index in [0.717, 1.165) is 44.5 Å². The Morgan fingerprint density at radius 3 is 2.86 bits per heavy atom. The second-order valence-electron chi connectivity index (χ2n) is 6.82. The smallest absolute Gasteiger partial charge is 0.259 e. The largest absolute Gasteiger partial charge is 0.369 e. The number of hydrogen-bond acceptors (Lipinski definition) is 7. The zero-order valence-corrected chi connectivity index (χ0v) is 15.8. The fourth-order valence-corrected chi connectivity index (χ4v) is 3.32. The maximum Gasteiger partial charge on any atom is 0.259 e. The number of fused-ring (bicyclic) bond motifs is 1. The van der Waals surface area contributed by atoms with Gasteiger partial charge in [-0.05, 0) is 55.6 Å². The van der Waals surface area contributed by atoms with Crippen molar-refractivity contribution in [1.82, 2.24) is 20.4 Å². The highest BCUT2D eigenvalue weighted by molar-refractivity contribution is 5.64. The van der Waals surface area contributed by atoms with Crippen molar-refractivity contribution < 1.29 is 4.52 Å². The summed E-state index contributed by atoms with van der Waals surface area (Å²) >= 11 is 0. The summed E-state index contributed by atoms with van der Waals surface area (Å²) < 4.78 is 5.45. The van der Waals surface area contributed by atoms with Gasteiger partial charge in [-0.25, -0.2) is 4.98 Å². The molecule has 7 nitrogen and oxygen atoms in total. The van der Waals surface area contributed by atoms with Crippen LogP contribution in [-0.4, -0.2) is 34.8 Å². The Morgan fingerprint density at radius 1 is 1.18 bits per heavy atom. The maximum atomic E-state index is 9.41. The second kappa shape index (κ2) is 8.19. The zero-order valence-electron chi connectivity index (χ0n) is 15.8. The van der Waals surface area contributed by atoms with E-state index in [1.165, 1.54) is 11.1 Å². The summed E-state index contributed by atoms with van der Waals surface area (Å²) in [4.78, 5) is 8.87. The molecule has 1 aliphatic rings. The van der Waals surface area contributed by atoms with E-state index < -0.39 is 0 Å². The number of pyridine rings is 1. The van der Waals surface area contributed by atoms with Crippen molar-refractivity contribution in [2.24, 2.45) is 0 Å². The van der Waals surface area contributed by atoms with Gasteiger partial charge in [0, 0.05) is 18.3 Å². The van der Waals surface area contributed by atoms with Crippen molar-refractivity contribution in [2.75, 3.05) is 25.0 Å². The first-order valence-electron chi connectivity index (χ1n) is 9.59. The molecule has 0 aliphatic carbocycles. The van der Waals surface area contributed by atoms with E-state index in [4.69, 9.17) is 4.52 Å². The van der Waals surface area contributed by atoms with E-state index in [-0.39, 0.29) is 0 Å². The lowest BCUT2D eigenvalue weighted by Gasteiger charge is -2.06. The lowest BCUT2D eigenvalue weighted by molar-refractivity contribution is 0.432. The van der Waals surface area contributed by atoms with Gasteiger partial charge in [0.25, 0.3) is 5.89 Å². The van der Waals surface area contributed by atoms with Crippen molar-refractivity contribution in [3.63, 3.8) is 0 Å². The van der Waals surface area contributed by atoms with Crippen LogP contribution in [-0.2, 0) is 12.8 Å². The van der Waals surface area contributed by atoms with Crippen molar-refractivity contribution in [1.29, 1.82) is 5.26 Å². The summed E-state index contributed by atoms with van der Waals surface area (Å²) in [6.07, 6.45) is 4.64. The number of aromatic nitrogens is 3. The molecule has 0 bridgehead atoms. The molecule has 0 atom stereocenters. The van der Waals surface area contributed by atoms with Gasteiger partial charge in [-0.15, -0.1) is 0 Å². The number of nitrogens with one attached hydrogen (secondary N) is 2. The lowest BCUT2D eigenvalue weighted by Crippen LogP contribution is -2.16. The van der Waals surface area contributed by atoms with E-state index in [9.17, 15) is 5.26 Å². The highest BCUT2D eigenvalue weighted by atomic mass is 16.5. The highest BCUT2D eigenvalue weighted by Gasteiger charge is 2.15. The van der Waals surface area contributed by atoms with Crippen molar-refractivity contribution in [3.05, 3.63) is 47.2 Å². The van der Waals surface area contributed by atoms with Crippen LogP contribution in [0.3, 0.4) is 0 Å². The van der Waals surface area contributed by atoms with Crippen LogP contribution in [0.1, 0.15) is 30.0 Å².